The minimum absolute atomic E-state index is 0.606. The molecule has 24 heavy (non-hydrogen) atoms. The number of rotatable bonds is 10. The van der Waals surface area contributed by atoms with E-state index in [1.165, 1.54) is 26.2 Å². The minimum Gasteiger partial charge on any atom is -0.381 e. The highest BCUT2D eigenvalue weighted by molar-refractivity contribution is 5.79. The summed E-state index contributed by atoms with van der Waals surface area (Å²) in [5.74, 6) is 2.11. The average molecular weight is 342 g/mol. The van der Waals surface area contributed by atoms with Crippen LogP contribution < -0.4 is 10.6 Å². The van der Waals surface area contributed by atoms with Gasteiger partial charge in [-0.1, -0.05) is 20.8 Å². The number of aliphatic imine (C=N–C) groups is 1. The first kappa shape index (κ1) is 21.2. The zero-order valence-electron chi connectivity index (χ0n) is 16.5. The van der Waals surface area contributed by atoms with Crippen LogP contribution in [0, 0.1) is 11.8 Å². The Kier molecular flexibility index (Phi) is 11.0. The Hall–Kier alpha value is -0.850. The molecule has 0 spiro atoms. The fourth-order valence-corrected chi connectivity index (χ4v) is 2.73. The van der Waals surface area contributed by atoms with Gasteiger partial charge in [-0.3, -0.25) is 4.99 Å². The number of guanidine groups is 1. The first-order chi connectivity index (χ1) is 11.5. The van der Waals surface area contributed by atoms with Crippen LogP contribution in [0.3, 0.4) is 0 Å². The van der Waals surface area contributed by atoms with Gasteiger partial charge in [-0.2, -0.15) is 0 Å². The molecule has 2 N–H and O–H groups in total. The maximum absolute atomic E-state index is 5.59. The molecule has 1 rings (SSSR count). The van der Waals surface area contributed by atoms with Crippen LogP contribution in [-0.2, 0) is 4.74 Å². The van der Waals surface area contributed by atoms with Crippen LogP contribution in [0.5, 0.6) is 0 Å². The molecular weight excluding hydrogens is 302 g/mol. The van der Waals surface area contributed by atoms with E-state index in [0.29, 0.717) is 11.8 Å². The molecular formula is C18H39N5O. The Labute approximate surface area is 149 Å². The molecule has 1 aliphatic rings. The van der Waals surface area contributed by atoms with E-state index >= 15 is 0 Å². The third kappa shape index (κ3) is 10.1. The second kappa shape index (κ2) is 12.5. The smallest absolute Gasteiger partial charge is 0.190 e. The lowest BCUT2D eigenvalue weighted by molar-refractivity contribution is 0.108. The Morgan fingerprint density at radius 2 is 1.83 bits per heavy atom. The van der Waals surface area contributed by atoms with Gasteiger partial charge in [0.15, 0.2) is 5.96 Å². The molecule has 0 amide bonds. The maximum atomic E-state index is 5.59. The van der Waals surface area contributed by atoms with Crippen molar-refractivity contribution in [1.82, 2.24) is 20.4 Å². The van der Waals surface area contributed by atoms with Gasteiger partial charge >= 0.3 is 0 Å². The summed E-state index contributed by atoms with van der Waals surface area (Å²) in [6.45, 7) is 16.0. The summed E-state index contributed by atoms with van der Waals surface area (Å²) in [5.41, 5.74) is 0. The van der Waals surface area contributed by atoms with E-state index in [2.05, 4.69) is 53.2 Å². The van der Waals surface area contributed by atoms with E-state index in [1.54, 1.807) is 0 Å². The van der Waals surface area contributed by atoms with Gasteiger partial charge in [0.2, 0.25) is 0 Å². The van der Waals surface area contributed by atoms with Gasteiger partial charge in [0.25, 0.3) is 0 Å². The van der Waals surface area contributed by atoms with Crippen LogP contribution in [0.15, 0.2) is 4.99 Å². The van der Waals surface area contributed by atoms with E-state index < -0.39 is 0 Å². The summed E-state index contributed by atoms with van der Waals surface area (Å²) in [6.07, 6.45) is 1.00. The largest absolute Gasteiger partial charge is 0.381 e. The van der Waals surface area contributed by atoms with Crippen LogP contribution in [-0.4, -0.2) is 88.9 Å². The lowest BCUT2D eigenvalue weighted by atomic mass is 10.1. The third-order valence-electron chi connectivity index (χ3n) is 4.22. The van der Waals surface area contributed by atoms with E-state index in [4.69, 9.17) is 4.74 Å². The second-order valence-electron chi connectivity index (χ2n) is 7.41. The number of nitrogens with one attached hydrogen (secondary N) is 2. The number of hydrogen-bond donors (Lipinski definition) is 2. The van der Waals surface area contributed by atoms with Crippen LogP contribution >= 0.6 is 0 Å². The fourth-order valence-electron chi connectivity index (χ4n) is 2.73. The van der Waals surface area contributed by atoms with Crippen LogP contribution in [0.2, 0.25) is 0 Å². The predicted octanol–water partition coefficient (Wildman–Crippen LogP) is 1.10. The SMILES string of the molecule is CN=C(NCCCOCC(C)C)NCC(C)CN1CCN(C)CC1. The molecule has 0 aromatic rings. The molecule has 1 aliphatic heterocycles. The minimum atomic E-state index is 0.606. The number of piperazine rings is 1. The van der Waals surface area contributed by atoms with E-state index in [0.717, 1.165) is 45.2 Å². The van der Waals surface area contributed by atoms with Crippen molar-refractivity contribution in [2.45, 2.75) is 27.2 Å². The van der Waals surface area contributed by atoms with Crippen molar-refractivity contribution in [3.05, 3.63) is 0 Å². The van der Waals surface area contributed by atoms with E-state index in [-0.39, 0.29) is 0 Å². The van der Waals surface area contributed by atoms with Gasteiger partial charge in [0.1, 0.15) is 0 Å². The van der Waals surface area contributed by atoms with Crippen molar-refractivity contribution in [2.75, 3.05) is 73.1 Å². The lowest BCUT2D eigenvalue weighted by Crippen LogP contribution is -2.47. The van der Waals surface area contributed by atoms with Gasteiger partial charge in [0, 0.05) is 66.1 Å². The van der Waals surface area contributed by atoms with Gasteiger partial charge < -0.3 is 25.2 Å². The third-order valence-corrected chi connectivity index (χ3v) is 4.22. The van der Waals surface area contributed by atoms with E-state index in [9.17, 15) is 0 Å². The zero-order valence-corrected chi connectivity index (χ0v) is 16.5. The van der Waals surface area contributed by atoms with Crippen LogP contribution in [0.4, 0.5) is 0 Å². The topological polar surface area (TPSA) is 52.1 Å². The maximum Gasteiger partial charge on any atom is 0.190 e. The molecule has 1 unspecified atom stereocenters. The Morgan fingerprint density at radius 1 is 1.12 bits per heavy atom. The molecule has 142 valence electrons. The van der Waals surface area contributed by atoms with Crippen LogP contribution in [0.25, 0.3) is 0 Å². The molecule has 0 radical (unpaired) electrons. The van der Waals surface area contributed by atoms with E-state index in [1.807, 2.05) is 7.05 Å². The number of ether oxygens (including phenoxy) is 1. The summed E-state index contributed by atoms with van der Waals surface area (Å²) < 4.78 is 5.59. The predicted molar refractivity (Wildman–Crippen MR) is 103 cm³/mol. The first-order valence-electron chi connectivity index (χ1n) is 9.44. The first-order valence-corrected chi connectivity index (χ1v) is 9.44. The molecule has 6 heteroatoms. The van der Waals surface area contributed by atoms with Gasteiger partial charge in [0.05, 0.1) is 0 Å². The van der Waals surface area contributed by atoms with Gasteiger partial charge in [-0.05, 0) is 25.3 Å². The molecule has 6 nitrogen and oxygen atoms in total. The summed E-state index contributed by atoms with van der Waals surface area (Å²) in [4.78, 5) is 9.26. The molecule has 1 heterocycles. The summed E-state index contributed by atoms with van der Waals surface area (Å²) in [7, 11) is 4.03. The Balaban J connectivity index is 2.08. The highest BCUT2D eigenvalue weighted by Gasteiger charge is 2.16. The average Bonchev–Trinajstić information content (AvgIpc) is 2.55. The van der Waals surface area contributed by atoms with Gasteiger partial charge in [-0.25, -0.2) is 0 Å². The molecule has 1 fully saturated rings. The molecule has 0 saturated carbocycles. The molecule has 0 aromatic carbocycles. The summed E-state index contributed by atoms with van der Waals surface area (Å²) in [5, 5.41) is 6.80. The monoisotopic (exact) mass is 341 g/mol. The van der Waals surface area contributed by atoms with Crippen molar-refractivity contribution >= 4 is 5.96 Å². The van der Waals surface area contributed by atoms with Crippen LogP contribution in [0.1, 0.15) is 27.2 Å². The molecule has 0 aliphatic carbocycles. The number of likely N-dealkylation sites (N-methyl/N-ethyl adjacent to an activating group) is 1. The Bertz CT molecular complexity index is 340. The van der Waals surface area contributed by atoms with Crippen molar-refractivity contribution < 1.29 is 4.74 Å². The second-order valence-corrected chi connectivity index (χ2v) is 7.41. The molecule has 0 aromatic heterocycles. The number of hydrogen-bond acceptors (Lipinski definition) is 4. The zero-order chi connectivity index (χ0) is 17.8. The van der Waals surface area contributed by atoms with Gasteiger partial charge in [-0.15, -0.1) is 0 Å². The quantitative estimate of drug-likeness (QED) is 0.354. The summed E-state index contributed by atoms with van der Waals surface area (Å²) >= 11 is 0. The molecule has 1 atom stereocenters. The number of nitrogens with zero attached hydrogens (tertiary/aromatic N) is 3. The van der Waals surface area contributed by atoms with Crippen molar-refractivity contribution in [1.29, 1.82) is 0 Å². The standard InChI is InChI=1S/C18H39N5O/c1-16(2)15-24-12-6-7-20-18(19-4)21-13-17(3)14-23-10-8-22(5)9-11-23/h16-17H,6-15H2,1-5H3,(H2,19,20,21). The highest BCUT2D eigenvalue weighted by Crippen LogP contribution is 2.03. The Morgan fingerprint density at radius 3 is 2.46 bits per heavy atom. The van der Waals surface area contributed by atoms with Crippen molar-refractivity contribution in [3.63, 3.8) is 0 Å². The molecule has 0 bridgehead atoms. The lowest BCUT2D eigenvalue weighted by Gasteiger charge is -2.34. The van der Waals surface area contributed by atoms with Crippen molar-refractivity contribution in [3.8, 4) is 0 Å². The van der Waals surface area contributed by atoms with Crippen molar-refractivity contribution in [2.24, 2.45) is 16.8 Å². The highest BCUT2D eigenvalue weighted by atomic mass is 16.5. The fraction of sp³-hybridized carbons (Fsp3) is 0.944. The normalized spacial score (nSPS) is 18.8. The summed E-state index contributed by atoms with van der Waals surface area (Å²) in [6, 6.07) is 0. The molecule has 1 saturated heterocycles.